The lowest BCUT2D eigenvalue weighted by Gasteiger charge is -1.98. The maximum Gasteiger partial charge on any atom is 0.230 e. The van der Waals surface area contributed by atoms with Crippen molar-refractivity contribution in [3.63, 3.8) is 0 Å². The van der Waals surface area contributed by atoms with Crippen LogP contribution in [0, 0.1) is 0 Å². The third-order valence-corrected chi connectivity index (χ3v) is 1.09. The number of pyridine rings is 1. The molecular weight excluding hydrogens is 144 g/mol. The summed E-state index contributed by atoms with van der Waals surface area (Å²) in [4.78, 5) is 18.3. The third kappa shape index (κ3) is 2.77. The van der Waals surface area contributed by atoms with Gasteiger partial charge in [-0.15, -0.1) is 0 Å². The molecule has 0 radical (unpaired) electrons. The molecule has 0 bridgehead atoms. The molecule has 4 heteroatoms. The first-order valence-electron chi connectivity index (χ1n) is 3.13. The fourth-order valence-electron chi connectivity index (χ4n) is 0.643. The molecule has 1 rings (SSSR count). The Morgan fingerprint density at radius 1 is 1.73 bits per heavy atom. The highest BCUT2D eigenvalue weighted by atomic mass is 16.6. The average molecular weight is 152 g/mol. The van der Waals surface area contributed by atoms with Crippen LogP contribution in [-0.4, -0.2) is 11.4 Å². The van der Waals surface area contributed by atoms with E-state index in [1.54, 1.807) is 18.5 Å². The van der Waals surface area contributed by atoms with Gasteiger partial charge in [0.25, 0.3) is 0 Å². The Labute approximate surface area is 64.2 Å². The number of rotatable bonds is 4. The molecule has 0 aliphatic heterocycles. The first-order valence-corrected chi connectivity index (χ1v) is 3.13. The number of amides is 1. The predicted octanol–water partition coefficient (Wildman–Crippen LogP) is 0.259. The second-order valence-corrected chi connectivity index (χ2v) is 1.89. The lowest BCUT2D eigenvalue weighted by atomic mass is 10.3. The van der Waals surface area contributed by atoms with Crippen LogP contribution in [0.4, 0.5) is 0 Å². The number of hydroxylamine groups is 1. The van der Waals surface area contributed by atoms with Gasteiger partial charge in [-0.25, -0.2) is 5.48 Å². The lowest BCUT2D eigenvalue weighted by Crippen LogP contribution is -2.11. The molecule has 4 nitrogen and oxygen atoms in total. The second-order valence-electron chi connectivity index (χ2n) is 1.89. The maximum absolute atomic E-state index is 9.74. The van der Waals surface area contributed by atoms with Gasteiger partial charge in [-0.1, -0.05) is 6.07 Å². The van der Waals surface area contributed by atoms with Crippen molar-refractivity contribution in [3.05, 3.63) is 30.1 Å². The number of aromatic nitrogens is 1. The molecule has 0 aliphatic carbocycles. The van der Waals surface area contributed by atoms with Crippen LogP contribution in [0.5, 0.6) is 0 Å². The van der Waals surface area contributed by atoms with Gasteiger partial charge >= 0.3 is 0 Å². The molecule has 1 N–H and O–H groups in total. The van der Waals surface area contributed by atoms with E-state index in [2.05, 4.69) is 10.5 Å². The Balaban J connectivity index is 2.33. The van der Waals surface area contributed by atoms with Gasteiger partial charge in [0.2, 0.25) is 6.41 Å². The molecule has 0 unspecified atom stereocenters. The van der Waals surface area contributed by atoms with Gasteiger partial charge < -0.3 is 0 Å². The van der Waals surface area contributed by atoms with E-state index in [4.69, 9.17) is 4.84 Å². The summed E-state index contributed by atoms with van der Waals surface area (Å²) >= 11 is 0. The summed E-state index contributed by atoms with van der Waals surface area (Å²) in [7, 11) is 0. The Hall–Kier alpha value is -1.42. The number of carbonyl (C=O) groups is 1. The molecule has 0 saturated heterocycles. The van der Waals surface area contributed by atoms with Crippen LogP contribution in [-0.2, 0) is 16.2 Å². The van der Waals surface area contributed by atoms with Crippen molar-refractivity contribution >= 4 is 6.41 Å². The smallest absolute Gasteiger partial charge is 0.230 e. The number of nitrogens with zero attached hydrogens (tertiary/aromatic N) is 1. The molecule has 0 aromatic carbocycles. The van der Waals surface area contributed by atoms with Gasteiger partial charge in [-0.3, -0.25) is 14.6 Å². The van der Waals surface area contributed by atoms with Gasteiger partial charge in [-0.05, 0) is 11.6 Å². The summed E-state index contributed by atoms with van der Waals surface area (Å²) in [5, 5.41) is 0. The molecule has 0 saturated carbocycles. The van der Waals surface area contributed by atoms with E-state index in [0.29, 0.717) is 13.0 Å². The molecule has 1 aromatic heterocycles. The topological polar surface area (TPSA) is 51.2 Å². The van der Waals surface area contributed by atoms with E-state index in [9.17, 15) is 4.79 Å². The molecule has 0 spiro atoms. The van der Waals surface area contributed by atoms with Crippen molar-refractivity contribution in [2.75, 3.05) is 0 Å². The quantitative estimate of drug-likeness (QED) is 0.382. The van der Waals surface area contributed by atoms with Crippen LogP contribution >= 0.6 is 0 Å². The largest absolute Gasteiger partial charge is 0.277 e. The minimum Gasteiger partial charge on any atom is -0.277 e. The molecule has 58 valence electrons. The molecule has 0 aliphatic rings. The zero-order valence-corrected chi connectivity index (χ0v) is 5.86. The molecule has 1 amide bonds. The number of hydrogen-bond donors (Lipinski definition) is 1. The summed E-state index contributed by atoms with van der Waals surface area (Å²) < 4.78 is 0. The molecule has 1 aromatic rings. The molecule has 11 heavy (non-hydrogen) atoms. The van der Waals surface area contributed by atoms with Crippen molar-refractivity contribution in [1.29, 1.82) is 0 Å². The normalized spacial score (nSPS) is 9.09. The van der Waals surface area contributed by atoms with Crippen LogP contribution in [0.15, 0.2) is 24.5 Å². The Kier molecular flexibility index (Phi) is 3.08. The second kappa shape index (κ2) is 4.40. The van der Waals surface area contributed by atoms with Crippen LogP contribution in [0.25, 0.3) is 0 Å². The average Bonchev–Trinajstić information content (AvgIpc) is 2.07. The molecule has 1 heterocycles. The Morgan fingerprint density at radius 2 is 2.64 bits per heavy atom. The van der Waals surface area contributed by atoms with Crippen LogP contribution in [0.3, 0.4) is 0 Å². The summed E-state index contributed by atoms with van der Waals surface area (Å²) in [5.41, 5.74) is 3.01. The van der Waals surface area contributed by atoms with Gasteiger partial charge in [0.15, 0.2) is 0 Å². The maximum atomic E-state index is 9.74. The van der Waals surface area contributed by atoms with E-state index >= 15 is 0 Å². The van der Waals surface area contributed by atoms with E-state index in [0.717, 1.165) is 5.56 Å². The Bertz CT molecular complexity index is 213. The third-order valence-electron chi connectivity index (χ3n) is 1.09. The van der Waals surface area contributed by atoms with Crippen molar-refractivity contribution in [2.45, 2.75) is 6.61 Å². The fourth-order valence-corrected chi connectivity index (χ4v) is 0.643. The minimum absolute atomic E-state index is 0.340. The van der Waals surface area contributed by atoms with E-state index < -0.39 is 0 Å². The standard InChI is InChI=1S/C7H8N2O2/c10-6-9-11-5-7-2-1-3-8-4-7/h1-4,6H,5H2,(H,9,10). The van der Waals surface area contributed by atoms with E-state index in [1.165, 1.54) is 0 Å². The molecule has 0 fully saturated rings. The van der Waals surface area contributed by atoms with Crippen LogP contribution in [0.1, 0.15) is 5.56 Å². The zero-order valence-electron chi connectivity index (χ0n) is 5.86. The molecule has 0 atom stereocenters. The molecular formula is C7H8N2O2. The van der Waals surface area contributed by atoms with Crippen molar-refractivity contribution < 1.29 is 9.63 Å². The summed E-state index contributed by atoms with van der Waals surface area (Å²) in [6, 6.07) is 3.67. The predicted molar refractivity (Wildman–Crippen MR) is 38.2 cm³/mol. The highest BCUT2D eigenvalue weighted by Gasteiger charge is 1.89. The number of carbonyl (C=O) groups excluding carboxylic acids is 1. The highest BCUT2D eigenvalue weighted by Crippen LogP contribution is 1.95. The van der Waals surface area contributed by atoms with Crippen LogP contribution < -0.4 is 5.48 Å². The SMILES string of the molecule is O=CNOCc1cccnc1. The van der Waals surface area contributed by atoms with Gasteiger partial charge in [0, 0.05) is 12.4 Å². The van der Waals surface area contributed by atoms with Crippen LogP contribution in [0.2, 0.25) is 0 Å². The Morgan fingerprint density at radius 3 is 3.27 bits per heavy atom. The van der Waals surface area contributed by atoms with Crippen molar-refractivity contribution in [2.24, 2.45) is 0 Å². The zero-order chi connectivity index (χ0) is 7.94. The summed E-state index contributed by atoms with van der Waals surface area (Å²) in [5.74, 6) is 0. The summed E-state index contributed by atoms with van der Waals surface area (Å²) in [6.07, 6.45) is 3.83. The summed E-state index contributed by atoms with van der Waals surface area (Å²) in [6.45, 7) is 0.340. The lowest BCUT2D eigenvalue weighted by molar-refractivity contribution is -0.121. The monoisotopic (exact) mass is 152 g/mol. The number of hydrogen-bond acceptors (Lipinski definition) is 3. The first kappa shape index (κ1) is 7.68. The van der Waals surface area contributed by atoms with Gasteiger partial charge in [0.05, 0.1) is 0 Å². The van der Waals surface area contributed by atoms with E-state index in [1.807, 2.05) is 6.07 Å². The van der Waals surface area contributed by atoms with Gasteiger partial charge in [-0.2, -0.15) is 0 Å². The first-order chi connectivity index (χ1) is 5.43. The minimum atomic E-state index is 0.340. The fraction of sp³-hybridized carbons (Fsp3) is 0.143. The van der Waals surface area contributed by atoms with Crippen molar-refractivity contribution in [3.8, 4) is 0 Å². The van der Waals surface area contributed by atoms with Gasteiger partial charge in [0.1, 0.15) is 6.61 Å². The highest BCUT2D eigenvalue weighted by molar-refractivity contribution is 5.43. The number of nitrogens with one attached hydrogen (secondary N) is 1. The van der Waals surface area contributed by atoms with Crippen molar-refractivity contribution in [1.82, 2.24) is 10.5 Å². The van der Waals surface area contributed by atoms with E-state index in [-0.39, 0.29) is 0 Å².